The molecule has 1 aliphatic carbocycles. The number of esters is 1. The van der Waals surface area contributed by atoms with Crippen molar-refractivity contribution in [3.63, 3.8) is 0 Å². The first kappa shape index (κ1) is 31.6. The molecule has 0 unspecified atom stereocenters. The number of ether oxygens (including phenoxy) is 4. The molecule has 254 valence electrons. The normalized spacial score (nSPS) is 23.7. The fourth-order valence-corrected chi connectivity index (χ4v) is 6.51. The van der Waals surface area contributed by atoms with Gasteiger partial charge in [-0.25, -0.2) is 18.4 Å². The van der Waals surface area contributed by atoms with Crippen molar-refractivity contribution in [2.24, 2.45) is 5.73 Å². The average Bonchev–Trinajstić information content (AvgIpc) is 3.73. The highest BCUT2D eigenvalue weighted by Gasteiger charge is 2.48. The topological polar surface area (TPSA) is 183 Å². The van der Waals surface area contributed by atoms with Crippen LogP contribution in [0, 0.1) is 11.6 Å². The molecular weight excluding hydrogens is 638 g/mol. The van der Waals surface area contributed by atoms with E-state index in [9.17, 15) is 29.4 Å². The molecule has 3 fully saturated rings. The van der Waals surface area contributed by atoms with Crippen LogP contribution in [0.25, 0.3) is 10.9 Å². The minimum absolute atomic E-state index is 0.00851. The molecule has 14 nitrogen and oxygen atoms in total. The molecule has 1 saturated carbocycles. The van der Waals surface area contributed by atoms with E-state index >= 15 is 8.78 Å². The van der Waals surface area contributed by atoms with E-state index in [1.807, 2.05) is 0 Å². The maximum absolute atomic E-state index is 15.7. The van der Waals surface area contributed by atoms with Crippen molar-refractivity contribution in [2.75, 3.05) is 42.7 Å². The van der Waals surface area contributed by atoms with Gasteiger partial charge in [-0.05, 0) is 38.0 Å². The fraction of sp³-hybridized carbons (Fsp3) is 0.438. The fourth-order valence-electron chi connectivity index (χ4n) is 6.51. The van der Waals surface area contributed by atoms with E-state index in [4.69, 9.17) is 24.7 Å². The number of carboxylic acids is 1. The van der Waals surface area contributed by atoms with Crippen LogP contribution in [0.5, 0.6) is 11.5 Å². The molecule has 4 N–H and O–H groups in total. The molecule has 2 saturated heterocycles. The molecule has 3 aliphatic heterocycles. The van der Waals surface area contributed by atoms with Gasteiger partial charge in [0, 0.05) is 24.7 Å². The number of pyridine rings is 1. The number of carboxylic acid groups (broad SMARTS) is 1. The molecule has 7 rings (SSSR count). The van der Waals surface area contributed by atoms with Crippen molar-refractivity contribution in [1.82, 2.24) is 4.57 Å². The second-order valence-corrected chi connectivity index (χ2v) is 12.7. The van der Waals surface area contributed by atoms with Crippen LogP contribution in [0.3, 0.4) is 0 Å². The third-order valence-electron chi connectivity index (χ3n) is 8.98. The van der Waals surface area contributed by atoms with E-state index in [2.05, 4.69) is 0 Å². The molecule has 16 heteroatoms. The average molecular weight is 671 g/mol. The minimum Gasteiger partial charge on any atom is -0.487 e. The highest BCUT2D eigenvalue weighted by Crippen LogP contribution is 2.48. The Kier molecular flexibility index (Phi) is 7.66. The zero-order valence-corrected chi connectivity index (χ0v) is 25.7. The monoisotopic (exact) mass is 670 g/mol. The Balaban J connectivity index is 1.07. The number of hydrogen-bond donors (Lipinski definition) is 3. The van der Waals surface area contributed by atoms with Gasteiger partial charge in [0.25, 0.3) is 0 Å². The van der Waals surface area contributed by atoms with Crippen LogP contribution in [0.4, 0.5) is 25.0 Å². The summed E-state index contributed by atoms with van der Waals surface area (Å²) in [5.41, 5.74) is 3.17. The molecule has 1 amide bonds. The highest BCUT2D eigenvalue weighted by molar-refractivity contribution is 5.97. The third-order valence-corrected chi connectivity index (χ3v) is 8.98. The van der Waals surface area contributed by atoms with E-state index in [0.29, 0.717) is 5.52 Å². The van der Waals surface area contributed by atoms with Crippen LogP contribution < -0.4 is 30.4 Å². The molecule has 1 aromatic heterocycles. The number of amides is 1. The molecule has 48 heavy (non-hydrogen) atoms. The number of nitrogens with two attached hydrogens (primary N) is 1. The quantitative estimate of drug-likeness (QED) is 0.283. The van der Waals surface area contributed by atoms with Gasteiger partial charge >= 0.3 is 18.0 Å². The van der Waals surface area contributed by atoms with Crippen LogP contribution in [-0.2, 0) is 14.3 Å². The van der Waals surface area contributed by atoms with Crippen molar-refractivity contribution in [1.29, 1.82) is 0 Å². The van der Waals surface area contributed by atoms with E-state index in [1.54, 1.807) is 9.47 Å². The second kappa shape index (κ2) is 11.6. The van der Waals surface area contributed by atoms with Crippen molar-refractivity contribution >= 4 is 40.3 Å². The van der Waals surface area contributed by atoms with E-state index in [-0.39, 0.29) is 73.6 Å². The summed E-state index contributed by atoms with van der Waals surface area (Å²) in [6.07, 6.45) is 1.38. The number of carbonyl (C=O) groups is 3. The summed E-state index contributed by atoms with van der Waals surface area (Å²) in [5.74, 6) is -3.76. The maximum Gasteiger partial charge on any atom is 0.414 e. The predicted molar refractivity (Wildman–Crippen MR) is 164 cm³/mol. The number of rotatable bonds is 9. The van der Waals surface area contributed by atoms with Crippen LogP contribution in [-0.4, -0.2) is 89.5 Å². The number of benzene rings is 2. The summed E-state index contributed by atoms with van der Waals surface area (Å²) in [5, 5.41) is 21.0. The van der Waals surface area contributed by atoms with Gasteiger partial charge in [0.1, 0.15) is 42.7 Å². The van der Waals surface area contributed by atoms with Gasteiger partial charge in [0.05, 0.1) is 35.7 Å². The van der Waals surface area contributed by atoms with E-state index in [0.717, 1.165) is 25.0 Å². The smallest absolute Gasteiger partial charge is 0.414 e. The van der Waals surface area contributed by atoms with Gasteiger partial charge in [-0.1, -0.05) is 0 Å². The molecule has 4 atom stereocenters. The number of aromatic nitrogens is 1. The summed E-state index contributed by atoms with van der Waals surface area (Å²) < 4.78 is 54.5. The van der Waals surface area contributed by atoms with E-state index in [1.165, 1.54) is 30.2 Å². The van der Waals surface area contributed by atoms with Gasteiger partial charge in [-0.15, -0.1) is 0 Å². The summed E-state index contributed by atoms with van der Waals surface area (Å²) in [4.78, 5) is 51.6. The van der Waals surface area contributed by atoms with Crippen LogP contribution in [0.1, 0.15) is 42.6 Å². The Hall–Kier alpha value is -4.96. The molecule has 4 heterocycles. The van der Waals surface area contributed by atoms with Gasteiger partial charge in [-0.3, -0.25) is 14.5 Å². The Morgan fingerprint density at radius 1 is 1.17 bits per heavy atom. The largest absolute Gasteiger partial charge is 0.487 e. The number of anilines is 2. The number of hydrogen-bond acceptors (Lipinski definition) is 11. The number of aromatic carboxylic acids is 1. The lowest BCUT2D eigenvalue weighted by molar-refractivity contribution is -0.147. The van der Waals surface area contributed by atoms with Crippen molar-refractivity contribution in [3.8, 4) is 11.5 Å². The molecule has 0 bridgehead atoms. The maximum atomic E-state index is 15.7. The van der Waals surface area contributed by atoms with Gasteiger partial charge in [0.2, 0.25) is 5.43 Å². The Morgan fingerprint density at radius 3 is 2.62 bits per heavy atom. The van der Waals surface area contributed by atoms with Crippen LogP contribution >= 0.6 is 0 Å². The summed E-state index contributed by atoms with van der Waals surface area (Å²) in [7, 11) is 0. The number of cyclic esters (lactones) is 1. The minimum atomic E-state index is -1.55. The van der Waals surface area contributed by atoms with Gasteiger partial charge in [0.15, 0.2) is 29.2 Å². The van der Waals surface area contributed by atoms with Crippen LogP contribution in [0.15, 0.2) is 35.3 Å². The lowest BCUT2D eigenvalue weighted by Gasteiger charge is -2.34. The Morgan fingerprint density at radius 2 is 1.94 bits per heavy atom. The third kappa shape index (κ3) is 5.53. The van der Waals surface area contributed by atoms with Crippen molar-refractivity contribution in [2.45, 2.75) is 56.0 Å². The highest BCUT2D eigenvalue weighted by atomic mass is 19.1. The number of halogens is 2. The summed E-state index contributed by atoms with van der Waals surface area (Å²) in [6, 6.07) is 3.48. The lowest BCUT2D eigenvalue weighted by Crippen LogP contribution is -2.41. The standard InChI is InChI=1S/C32H32F2N4O10/c1-15(35)30(42)46-12-19-9-37(31(43)48-19)17-4-5-24(22(33)6-17)47-14-32(44)8-18-11-45-28-25-20(7-23(34)26(28)38(18)13-32)27(39)21(29(40)41)10-36(25)16-2-3-16/h4-7,10,15-16,18-19,44H,2-3,8-9,11-14,35H2,1H3,(H,40,41)/t15-,18+,19-,32+/m1/s1. The zero-order valence-electron chi connectivity index (χ0n) is 25.7. The first-order valence-electron chi connectivity index (χ1n) is 15.4. The SMILES string of the molecule is C[C@@H](N)C(=O)OC[C@H]1CN(c2ccc(OC[C@]3(O)C[C@H]4COc5c(c(F)cc6c(=O)c(C(=O)O)cn(C7CC7)c56)N4C3)c(F)c2)C(=O)O1. The van der Waals surface area contributed by atoms with Crippen molar-refractivity contribution < 1.29 is 52.3 Å². The molecule has 3 aromatic rings. The first-order valence-corrected chi connectivity index (χ1v) is 15.4. The predicted octanol–water partition coefficient (Wildman–Crippen LogP) is 2.31. The second-order valence-electron chi connectivity index (χ2n) is 12.7. The first-order chi connectivity index (χ1) is 22.8. The number of fused-ring (bicyclic) bond motifs is 5. The molecule has 4 aliphatic rings. The zero-order chi connectivity index (χ0) is 34.1. The summed E-state index contributed by atoms with van der Waals surface area (Å²) in [6.45, 7) is 0.869. The molecule has 0 spiro atoms. The Labute approximate surface area is 271 Å². The lowest BCUT2D eigenvalue weighted by atomic mass is 10.0. The Bertz CT molecular complexity index is 1910. The number of carbonyl (C=O) groups excluding carboxylic acids is 2. The van der Waals surface area contributed by atoms with E-state index < -0.39 is 64.4 Å². The van der Waals surface area contributed by atoms with Gasteiger partial charge in [-0.2, -0.15) is 0 Å². The van der Waals surface area contributed by atoms with Crippen molar-refractivity contribution in [3.05, 3.63) is 57.9 Å². The number of nitrogens with zero attached hydrogens (tertiary/aromatic N) is 3. The molecule has 0 radical (unpaired) electrons. The number of aliphatic hydroxyl groups is 1. The van der Waals surface area contributed by atoms with Gasteiger partial charge < -0.3 is 44.4 Å². The molecule has 2 aromatic carbocycles. The van der Waals surface area contributed by atoms with Crippen LogP contribution in [0.2, 0.25) is 0 Å². The summed E-state index contributed by atoms with van der Waals surface area (Å²) >= 11 is 0. The molecular formula is C32H32F2N4O10.